The van der Waals surface area contributed by atoms with Crippen LogP contribution in [0.3, 0.4) is 0 Å². The molecule has 0 atom stereocenters. The topological polar surface area (TPSA) is 73.4 Å². The number of fused-ring (bicyclic) bond motifs is 1. The molecule has 2 fully saturated rings. The average molecular weight is 434 g/mol. The molecule has 5 rings (SSSR count). The molecule has 3 aromatic rings. The molecule has 1 amide bonds. The smallest absolute Gasteiger partial charge is 0.326 e. The number of aromatic nitrogens is 2. The van der Waals surface area contributed by atoms with Gasteiger partial charge in [0.25, 0.3) is 5.91 Å². The van der Waals surface area contributed by atoms with E-state index in [9.17, 15) is 9.59 Å². The van der Waals surface area contributed by atoms with Crippen molar-refractivity contribution < 1.29 is 4.79 Å². The van der Waals surface area contributed by atoms with Gasteiger partial charge < -0.3 is 20.1 Å². The van der Waals surface area contributed by atoms with E-state index in [1.165, 1.54) is 12.1 Å². The van der Waals surface area contributed by atoms with E-state index in [4.69, 9.17) is 0 Å². The zero-order valence-corrected chi connectivity index (χ0v) is 18.6. The van der Waals surface area contributed by atoms with Crippen LogP contribution < -0.4 is 15.9 Å². The lowest BCUT2D eigenvalue weighted by Gasteiger charge is -2.34. The summed E-state index contributed by atoms with van der Waals surface area (Å²) in [6, 6.07) is 13.8. The molecule has 0 radical (unpaired) electrons. The SMILES string of the molecule is CN1CCN(c2ccc(NC(=O)c3ccc4c(c3)[nH]c(=O)n4C3CCCCC3)cc2)CC1. The molecular formula is C25H31N5O2. The maximum absolute atomic E-state index is 12.8. The second-order valence-corrected chi connectivity index (χ2v) is 9.12. The number of benzene rings is 2. The molecule has 1 aromatic heterocycles. The van der Waals surface area contributed by atoms with Gasteiger partial charge in [-0.2, -0.15) is 0 Å². The van der Waals surface area contributed by atoms with Gasteiger partial charge >= 0.3 is 5.69 Å². The second kappa shape index (κ2) is 8.82. The van der Waals surface area contributed by atoms with E-state index >= 15 is 0 Å². The zero-order chi connectivity index (χ0) is 22.1. The number of amides is 1. The predicted octanol–water partition coefficient (Wildman–Crippen LogP) is 3.84. The van der Waals surface area contributed by atoms with Gasteiger partial charge in [-0.15, -0.1) is 0 Å². The van der Waals surface area contributed by atoms with Gasteiger partial charge in [0.05, 0.1) is 11.0 Å². The van der Waals surface area contributed by atoms with Gasteiger partial charge in [-0.25, -0.2) is 4.79 Å². The summed E-state index contributed by atoms with van der Waals surface area (Å²) in [5.74, 6) is -0.175. The molecule has 168 valence electrons. The molecule has 1 saturated heterocycles. The molecule has 7 nitrogen and oxygen atoms in total. The van der Waals surface area contributed by atoms with Gasteiger partial charge in [-0.3, -0.25) is 9.36 Å². The standard InChI is InChI=1S/C25H31N5O2/c1-28-13-15-29(16-14-28)20-10-8-19(9-11-20)26-24(31)18-7-12-23-22(17-18)27-25(32)30(23)21-5-3-2-4-6-21/h7-12,17,21H,2-6,13-16H2,1H3,(H,26,31)(H,27,32). The van der Waals surface area contributed by atoms with Crippen LogP contribution in [0.5, 0.6) is 0 Å². The highest BCUT2D eigenvalue weighted by atomic mass is 16.2. The molecule has 1 aliphatic carbocycles. The molecule has 7 heteroatoms. The first kappa shape index (κ1) is 20.8. The minimum absolute atomic E-state index is 0.0797. The summed E-state index contributed by atoms with van der Waals surface area (Å²) in [7, 11) is 2.15. The molecule has 0 bridgehead atoms. The summed E-state index contributed by atoms with van der Waals surface area (Å²) in [6.45, 7) is 4.15. The highest BCUT2D eigenvalue weighted by Gasteiger charge is 2.20. The normalized spacial score (nSPS) is 18.2. The molecule has 32 heavy (non-hydrogen) atoms. The molecule has 2 N–H and O–H groups in total. The maximum atomic E-state index is 12.8. The minimum Gasteiger partial charge on any atom is -0.369 e. The summed E-state index contributed by atoms with van der Waals surface area (Å²) in [4.78, 5) is 33.1. The van der Waals surface area contributed by atoms with Crippen LogP contribution in [0.15, 0.2) is 47.3 Å². The molecule has 1 saturated carbocycles. The fourth-order valence-electron chi connectivity index (χ4n) is 5.00. The first-order chi connectivity index (χ1) is 15.6. The number of likely N-dealkylation sites (N-methyl/N-ethyl adjacent to an activating group) is 1. The lowest BCUT2D eigenvalue weighted by molar-refractivity contribution is 0.102. The quantitative estimate of drug-likeness (QED) is 0.656. The van der Waals surface area contributed by atoms with Crippen molar-refractivity contribution in [2.24, 2.45) is 0 Å². The first-order valence-electron chi connectivity index (χ1n) is 11.7. The monoisotopic (exact) mass is 433 g/mol. The van der Waals surface area contributed by atoms with Gasteiger partial charge in [-0.1, -0.05) is 19.3 Å². The molecule has 0 spiro atoms. The Labute approximate surface area is 188 Å². The summed E-state index contributed by atoms with van der Waals surface area (Å²) in [5.41, 5.74) is 4.01. The van der Waals surface area contributed by atoms with Gasteiger partial charge in [0.1, 0.15) is 0 Å². The third-order valence-electron chi connectivity index (χ3n) is 6.91. The maximum Gasteiger partial charge on any atom is 0.326 e. The van der Waals surface area contributed by atoms with Gasteiger partial charge in [0.15, 0.2) is 0 Å². The van der Waals surface area contributed by atoms with Crippen molar-refractivity contribution in [2.45, 2.75) is 38.1 Å². The van der Waals surface area contributed by atoms with Crippen LogP contribution in [0, 0.1) is 0 Å². The molecule has 1 aliphatic heterocycles. The number of carbonyl (C=O) groups is 1. The van der Waals surface area contributed by atoms with Crippen molar-refractivity contribution in [3.05, 3.63) is 58.5 Å². The van der Waals surface area contributed by atoms with Crippen LogP contribution in [0.25, 0.3) is 11.0 Å². The molecule has 0 unspecified atom stereocenters. The number of aromatic amines is 1. The van der Waals surface area contributed by atoms with Gasteiger partial charge in [0, 0.05) is 49.2 Å². The van der Waals surface area contributed by atoms with Crippen molar-refractivity contribution in [2.75, 3.05) is 43.4 Å². The largest absolute Gasteiger partial charge is 0.369 e. The van der Waals surface area contributed by atoms with Crippen LogP contribution in [0.2, 0.25) is 0 Å². The van der Waals surface area contributed by atoms with Crippen LogP contribution in [-0.4, -0.2) is 53.6 Å². The van der Waals surface area contributed by atoms with Gasteiger partial charge in [-0.05, 0) is 62.4 Å². The Bertz CT molecular complexity index is 1150. The fraction of sp³-hybridized carbons (Fsp3) is 0.440. The lowest BCUT2D eigenvalue weighted by atomic mass is 9.95. The number of imidazole rings is 1. The minimum atomic E-state index is -0.175. The summed E-state index contributed by atoms with van der Waals surface area (Å²) >= 11 is 0. The van der Waals surface area contributed by atoms with E-state index in [1.54, 1.807) is 6.07 Å². The number of rotatable bonds is 4. The van der Waals surface area contributed by atoms with Crippen molar-refractivity contribution in [1.29, 1.82) is 0 Å². The number of hydrogen-bond acceptors (Lipinski definition) is 4. The second-order valence-electron chi connectivity index (χ2n) is 9.12. The average Bonchev–Trinajstić information content (AvgIpc) is 3.15. The van der Waals surface area contributed by atoms with Crippen molar-refractivity contribution >= 4 is 28.3 Å². The van der Waals surface area contributed by atoms with E-state index in [0.29, 0.717) is 5.56 Å². The number of carbonyl (C=O) groups excluding carboxylic acids is 1. The van der Waals surface area contributed by atoms with E-state index < -0.39 is 0 Å². The van der Waals surface area contributed by atoms with Crippen molar-refractivity contribution in [3.8, 4) is 0 Å². The first-order valence-corrected chi connectivity index (χ1v) is 11.7. The Morgan fingerprint density at radius 1 is 0.969 bits per heavy atom. The highest BCUT2D eigenvalue weighted by molar-refractivity contribution is 6.06. The van der Waals surface area contributed by atoms with E-state index in [1.807, 2.05) is 28.8 Å². The summed E-state index contributed by atoms with van der Waals surface area (Å²) in [5, 5.41) is 2.98. The van der Waals surface area contributed by atoms with E-state index in [0.717, 1.165) is 68.6 Å². The number of hydrogen-bond donors (Lipinski definition) is 2. The van der Waals surface area contributed by atoms with Crippen LogP contribution in [0.4, 0.5) is 11.4 Å². The molecular weight excluding hydrogens is 402 g/mol. The number of H-pyrrole nitrogens is 1. The zero-order valence-electron chi connectivity index (χ0n) is 18.6. The summed E-state index contributed by atoms with van der Waals surface area (Å²) < 4.78 is 1.88. The van der Waals surface area contributed by atoms with Crippen molar-refractivity contribution in [1.82, 2.24) is 14.5 Å². The fourth-order valence-corrected chi connectivity index (χ4v) is 5.00. The number of piperazine rings is 1. The Morgan fingerprint density at radius 2 is 1.69 bits per heavy atom. The molecule has 2 aromatic carbocycles. The number of anilines is 2. The predicted molar refractivity (Wildman–Crippen MR) is 129 cm³/mol. The third-order valence-corrected chi connectivity index (χ3v) is 6.91. The molecule has 2 aliphatic rings. The van der Waals surface area contributed by atoms with Crippen molar-refractivity contribution in [3.63, 3.8) is 0 Å². The molecule has 2 heterocycles. The van der Waals surface area contributed by atoms with Crippen LogP contribution >= 0.6 is 0 Å². The van der Waals surface area contributed by atoms with E-state index in [-0.39, 0.29) is 17.6 Å². The lowest BCUT2D eigenvalue weighted by Crippen LogP contribution is -2.44. The number of nitrogens with zero attached hydrogens (tertiary/aromatic N) is 3. The Balaban J connectivity index is 1.30. The Kier molecular flexibility index (Phi) is 5.74. The highest BCUT2D eigenvalue weighted by Crippen LogP contribution is 2.29. The Hall–Kier alpha value is -3.06. The Morgan fingerprint density at radius 3 is 2.41 bits per heavy atom. The van der Waals surface area contributed by atoms with Crippen LogP contribution in [-0.2, 0) is 0 Å². The summed E-state index contributed by atoms with van der Waals surface area (Å²) in [6.07, 6.45) is 5.66. The van der Waals surface area contributed by atoms with Crippen LogP contribution in [0.1, 0.15) is 48.5 Å². The van der Waals surface area contributed by atoms with E-state index in [2.05, 4.69) is 39.3 Å². The number of nitrogens with one attached hydrogen (secondary N) is 2. The van der Waals surface area contributed by atoms with Gasteiger partial charge in [0.2, 0.25) is 0 Å². The third kappa shape index (κ3) is 4.17.